The van der Waals surface area contributed by atoms with Crippen LogP contribution >= 0.6 is 0 Å². The smallest absolute Gasteiger partial charge is 0.410 e. The second kappa shape index (κ2) is 10.8. The molecule has 200 valence electrons. The summed E-state index contributed by atoms with van der Waals surface area (Å²) >= 11 is 0. The molecule has 2 atom stereocenters. The summed E-state index contributed by atoms with van der Waals surface area (Å²) < 4.78 is 5.40. The van der Waals surface area contributed by atoms with Crippen LogP contribution in [0.25, 0.3) is 10.9 Å². The maximum atomic E-state index is 13.1. The predicted octanol–water partition coefficient (Wildman–Crippen LogP) is 3.91. The van der Waals surface area contributed by atoms with E-state index in [0.29, 0.717) is 12.0 Å². The van der Waals surface area contributed by atoms with Gasteiger partial charge in [-0.2, -0.15) is 0 Å². The van der Waals surface area contributed by atoms with Crippen LogP contribution in [-0.4, -0.2) is 57.7 Å². The zero-order valence-corrected chi connectivity index (χ0v) is 22.4. The van der Waals surface area contributed by atoms with E-state index in [2.05, 4.69) is 18.3 Å². The van der Waals surface area contributed by atoms with Gasteiger partial charge in [-0.05, 0) is 75.9 Å². The summed E-state index contributed by atoms with van der Waals surface area (Å²) in [5, 5.41) is 13.1. The molecule has 1 aromatic heterocycles. The number of aromatic nitrogens is 1. The van der Waals surface area contributed by atoms with E-state index in [9.17, 15) is 19.6 Å². The lowest BCUT2D eigenvalue weighted by Crippen LogP contribution is -2.45. The number of hydrogen-bond acceptors (Lipinski definition) is 6. The van der Waals surface area contributed by atoms with Crippen molar-refractivity contribution in [2.45, 2.75) is 52.7 Å². The number of hydrogen-bond donors (Lipinski definition) is 3. The first-order valence-electron chi connectivity index (χ1n) is 12.6. The molecule has 0 saturated carbocycles. The van der Waals surface area contributed by atoms with Crippen LogP contribution in [0.5, 0.6) is 0 Å². The van der Waals surface area contributed by atoms with Gasteiger partial charge in [-0.1, -0.05) is 30.3 Å². The number of carbonyl (C=O) groups excluding carboxylic acids is 3. The number of amides is 3. The third-order valence-electron chi connectivity index (χ3n) is 6.84. The van der Waals surface area contributed by atoms with Gasteiger partial charge in [0.05, 0.1) is 17.5 Å². The zero-order chi connectivity index (χ0) is 27.6. The number of likely N-dealkylation sites (tertiary alicyclic amines) is 1. The number of carbonyl (C=O) groups is 3. The van der Waals surface area contributed by atoms with E-state index in [0.717, 1.165) is 27.7 Å². The first-order valence-corrected chi connectivity index (χ1v) is 12.6. The number of nitrogens with one attached hydrogen (secondary N) is 2. The number of pyridine rings is 1. The van der Waals surface area contributed by atoms with Gasteiger partial charge in [-0.3, -0.25) is 19.8 Å². The third-order valence-corrected chi connectivity index (χ3v) is 6.84. The molecule has 0 aliphatic carbocycles. The van der Waals surface area contributed by atoms with E-state index in [1.54, 1.807) is 38.4 Å². The van der Waals surface area contributed by atoms with Crippen molar-refractivity contribution in [1.82, 2.24) is 20.7 Å². The van der Waals surface area contributed by atoms with Crippen LogP contribution < -0.4 is 10.8 Å². The van der Waals surface area contributed by atoms with Crippen molar-refractivity contribution in [3.63, 3.8) is 0 Å². The molecule has 1 fully saturated rings. The predicted molar refractivity (Wildman–Crippen MR) is 143 cm³/mol. The van der Waals surface area contributed by atoms with Crippen molar-refractivity contribution >= 4 is 28.8 Å². The van der Waals surface area contributed by atoms with E-state index in [-0.39, 0.29) is 19.0 Å². The van der Waals surface area contributed by atoms with E-state index in [4.69, 9.17) is 9.72 Å². The van der Waals surface area contributed by atoms with E-state index >= 15 is 0 Å². The minimum Gasteiger partial charge on any atom is -0.444 e. The number of ether oxygens (including phenoxy) is 1. The van der Waals surface area contributed by atoms with Crippen LogP contribution in [0.4, 0.5) is 4.79 Å². The fourth-order valence-electron chi connectivity index (χ4n) is 4.74. The number of para-hydroxylation sites is 1. The van der Waals surface area contributed by atoms with Gasteiger partial charge in [-0.25, -0.2) is 10.3 Å². The molecule has 9 heteroatoms. The van der Waals surface area contributed by atoms with Crippen molar-refractivity contribution in [2.75, 3.05) is 13.1 Å². The van der Waals surface area contributed by atoms with Gasteiger partial charge in [0.2, 0.25) is 5.91 Å². The minimum atomic E-state index is -0.818. The first kappa shape index (κ1) is 27.1. The zero-order valence-electron chi connectivity index (χ0n) is 22.4. The summed E-state index contributed by atoms with van der Waals surface area (Å²) in [4.78, 5) is 43.9. The molecule has 0 unspecified atom stereocenters. The van der Waals surface area contributed by atoms with Gasteiger partial charge in [0, 0.05) is 29.7 Å². The maximum Gasteiger partial charge on any atom is 0.410 e. The SMILES string of the molecule is Cc1nc2ccccc2c(Cc2ccc(C(=O)N[C@@H]3CN(C(=O)OC(C)(C)C)C[C@@H]3C(=O)NO)cc2)c1C. The molecule has 2 heterocycles. The molecular formula is C29H34N4O5. The van der Waals surface area contributed by atoms with Crippen LogP contribution in [0.2, 0.25) is 0 Å². The quantitative estimate of drug-likeness (QED) is 0.348. The molecule has 38 heavy (non-hydrogen) atoms. The molecule has 3 aromatic rings. The summed E-state index contributed by atoms with van der Waals surface area (Å²) in [6, 6.07) is 14.7. The van der Waals surface area contributed by atoms with Crippen LogP contribution in [0.1, 0.15) is 53.5 Å². The first-order chi connectivity index (χ1) is 18.0. The van der Waals surface area contributed by atoms with Crippen molar-refractivity contribution in [3.8, 4) is 0 Å². The molecule has 0 radical (unpaired) electrons. The summed E-state index contributed by atoms with van der Waals surface area (Å²) in [5.74, 6) is -1.86. The van der Waals surface area contributed by atoms with Crippen molar-refractivity contribution < 1.29 is 24.3 Å². The molecule has 1 saturated heterocycles. The Morgan fingerprint density at radius 3 is 2.39 bits per heavy atom. The number of fused-ring (bicyclic) bond motifs is 1. The molecule has 3 amide bonds. The van der Waals surface area contributed by atoms with Crippen LogP contribution in [0, 0.1) is 19.8 Å². The largest absolute Gasteiger partial charge is 0.444 e. The van der Waals surface area contributed by atoms with Gasteiger partial charge < -0.3 is 15.0 Å². The summed E-state index contributed by atoms with van der Waals surface area (Å²) in [7, 11) is 0. The van der Waals surface area contributed by atoms with Gasteiger partial charge >= 0.3 is 6.09 Å². The third kappa shape index (κ3) is 5.94. The second-order valence-electron chi connectivity index (χ2n) is 10.7. The Morgan fingerprint density at radius 1 is 1.05 bits per heavy atom. The van der Waals surface area contributed by atoms with E-state index in [1.165, 1.54) is 10.5 Å². The molecule has 1 aliphatic heterocycles. The monoisotopic (exact) mass is 518 g/mol. The summed E-state index contributed by atoms with van der Waals surface area (Å²) in [6.07, 6.45) is 0.118. The molecule has 2 aromatic carbocycles. The van der Waals surface area contributed by atoms with Gasteiger partial charge in [0.25, 0.3) is 5.91 Å². The Kier molecular flexibility index (Phi) is 7.68. The second-order valence-corrected chi connectivity index (χ2v) is 10.7. The van der Waals surface area contributed by atoms with Gasteiger partial charge in [0.15, 0.2) is 0 Å². The van der Waals surface area contributed by atoms with E-state index in [1.807, 2.05) is 37.3 Å². The van der Waals surface area contributed by atoms with Crippen molar-refractivity contribution in [1.29, 1.82) is 0 Å². The fourth-order valence-corrected chi connectivity index (χ4v) is 4.74. The Balaban J connectivity index is 1.48. The van der Waals surface area contributed by atoms with Crippen LogP contribution in [0.3, 0.4) is 0 Å². The number of benzene rings is 2. The van der Waals surface area contributed by atoms with Crippen molar-refractivity contribution in [2.24, 2.45) is 5.92 Å². The molecule has 1 aliphatic rings. The summed E-state index contributed by atoms with van der Waals surface area (Å²) in [5.41, 5.74) is 6.72. The Hall–Kier alpha value is -3.98. The highest BCUT2D eigenvalue weighted by molar-refractivity contribution is 5.95. The summed E-state index contributed by atoms with van der Waals surface area (Å²) in [6.45, 7) is 9.45. The lowest BCUT2D eigenvalue weighted by atomic mass is 9.95. The average molecular weight is 519 g/mol. The molecule has 9 nitrogen and oxygen atoms in total. The number of nitrogens with zero attached hydrogens (tertiary/aromatic N) is 2. The standard InChI is InChI=1S/C29H34N4O5/c1-17-18(2)30-24-9-7-6-8-21(24)22(17)14-19-10-12-20(13-11-19)26(34)31-25-16-33(15-23(25)27(35)32-37)28(36)38-29(3,4)5/h6-13,23,25,37H,14-16H2,1-5H3,(H,31,34)(H,32,35)/t23-,25+/m0/s1. The normalized spacial score (nSPS) is 17.4. The number of rotatable bonds is 5. The average Bonchev–Trinajstić information content (AvgIpc) is 3.29. The van der Waals surface area contributed by atoms with Gasteiger partial charge in [0.1, 0.15) is 5.60 Å². The number of aryl methyl sites for hydroxylation is 1. The van der Waals surface area contributed by atoms with E-state index < -0.39 is 29.6 Å². The van der Waals surface area contributed by atoms with Crippen LogP contribution in [0.15, 0.2) is 48.5 Å². The fraction of sp³-hybridized carbons (Fsp3) is 0.379. The highest BCUT2D eigenvalue weighted by Gasteiger charge is 2.41. The lowest BCUT2D eigenvalue weighted by Gasteiger charge is -2.24. The topological polar surface area (TPSA) is 121 Å². The Morgan fingerprint density at radius 2 is 1.74 bits per heavy atom. The molecule has 0 bridgehead atoms. The molecule has 4 rings (SSSR count). The lowest BCUT2D eigenvalue weighted by molar-refractivity contribution is -0.133. The molecule has 0 spiro atoms. The molecule has 3 N–H and O–H groups in total. The maximum absolute atomic E-state index is 13.1. The van der Waals surface area contributed by atoms with Gasteiger partial charge in [-0.15, -0.1) is 0 Å². The Labute approximate surface area is 222 Å². The highest BCUT2D eigenvalue weighted by atomic mass is 16.6. The minimum absolute atomic E-state index is 0.0177. The van der Waals surface area contributed by atoms with Crippen LogP contribution in [-0.2, 0) is 16.0 Å². The number of hydroxylamine groups is 1. The highest BCUT2D eigenvalue weighted by Crippen LogP contribution is 2.26. The van der Waals surface area contributed by atoms with Crippen molar-refractivity contribution in [3.05, 3.63) is 76.5 Å². The Bertz CT molecular complexity index is 1360. The molecular weight excluding hydrogens is 484 g/mol.